The standard InChI is InChI=1S/C20H20Cl2N4O3S/c1-3-26-18(11-29-15-7-4-13(21)5-8-15)24-25-20(26)30-12-19(27)23-14-6-9-17(28-2)16(22)10-14/h4-10H,3,11-12H2,1-2H3,(H,23,27). The molecule has 3 aromatic rings. The second-order valence-electron chi connectivity index (χ2n) is 6.07. The van der Waals surface area contributed by atoms with Crippen LogP contribution in [0.5, 0.6) is 11.5 Å². The van der Waals surface area contributed by atoms with Crippen LogP contribution in [0, 0.1) is 0 Å². The molecular weight excluding hydrogens is 447 g/mol. The van der Waals surface area contributed by atoms with Crippen molar-refractivity contribution < 1.29 is 14.3 Å². The van der Waals surface area contributed by atoms with Crippen LogP contribution in [0.4, 0.5) is 5.69 Å². The van der Waals surface area contributed by atoms with Crippen molar-refractivity contribution in [2.45, 2.75) is 25.2 Å². The number of halogens is 2. The summed E-state index contributed by atoms with van der Waals surface area (Å²) in [7, 11) is 1.54. The zero-order chi connectivity index (χ0) is 21.5. The van der Waals surface area contributed by atoms with Gasteiger partial charge in [-0.2, -0.15) is 0 Å². The zero-order valence-corrected chi connectivity index (χ0v) is 18.7. The van der Waals surface area contributed by atoms with E-state index in [9.17, 15) is 4.79 Å². The van der Waals surface area contributed by atoms with Crippen molar-refractivity contribution in [3.05, 3.63) is 58.3 Å². The summed E-state index contributed by atoms with van der Waals surface area (Å²) in [4.78, 5) is 12.3. The molecule has 3 rings (SSSR count). The lowest BCUT2D eigenvalue weighted by Crippen LogP contribution is -2.15. The normalized spacial score (nSPS) is 10.7. The molecule has 0 spiro atoms. The van der Waals surface area contributed by atoms with Crippen LogP contribution in [0.2, 0.25) is 10.0 Å². The van der Waals surface area contributed by atoms with Gasteiger partial charge < -0.3 is 19.4 Å². The molecule has 10 heteroatoms. The molecule has 0 aliphatic heterocycles. The molecule has 0 radical (unpaired) electrons. The first-order valence-corrected chi connectivity index (χ1v) is 10.8. The van der Waals surface area contributed by atoms with Gasteiger partial charge in [-0.15, -0.1) is 10.2 Å². The van der Waals surface area contributed by atoms with Crippen LogP contribution in [-0.4, -0.2) is 33.5 Å². The lowest BCUT2D eigenvalue weighted by atomic mass is 10.3. The van der Waals surface area contributed by atoms with Crippen molar-refractivity contribution >= 4 is 46.6 Å². The molecule has 1 N–H and O–H groups in total. The highest BCUT2D eigenvalue weighted by Crippen LogP contribution is 2.27. The topological polar surface area (TPSA) is 78.3 Å². The van der Waals surface area contributed by atoms with Crippen molar-refractivity contribution in [3.8, 4) is 11.5 Å². The van der Waals surface area contributed by atoms with Gasteiger partial charge >= 0.3 is 0 Å². The van der Waals surface area contributed by atoms with Crippen molar-refractivity contribution in [2.24, 2.45) is 0 Å². The summed E-state index contributed by atoms with van der Waals surface area (Å²) in [6.07, 6.45) is 0. The Morgan fingerprint density at radius 2 is 1.93 bits per heavy atom. The van der Waals surface area contributed by atoms with Crippen molar-refractivity contribution in [2.75, 3.05) is 18.2 Å². The first kappa shape index (κ1) is 22.3. The molecule has 0 atom stereocenters. The Morgan fingerprint density at radius 1 is 1.17 bits per heavy atom. The number of hydrogen-bond acceptors (Lipinski definition) is 6. The molecule has 7 nitrogen and oxygen atoms in total. The van der Waals surface area contributed by atoms with E-state index < -0.39 is 0 Å². The highest BCUT2D eigenvalue weighted by atomic mass is 35.5. The van der Waals surface area contributed by atoms with Gasteiger partial charge in [0.2, 0.25) is 5.91 Å². The van der Waals surface area contributed by atoms with E-state index in [0.29, 0.717) is 44.8 Å². The van der Waals surface area contributed by atoms with Crippen LogP contribution in [0.1, 0.15) is 12.7 Å². The number of carbonyl (C=O) groups excluding carboxylic acids is 1. The summed E-state index contributed by atoms with van der Waals surface area (Å²) >= 11 is 13.3. The third kappa shape index (κ3) is 5.81. The Bertz CT molecular complexity index is 1010. The zero-order valence-electron chi connectivity index (χ0n) is 16.4. The SMILES string of the molecule is CCn1c(COc2ccc(Cl)cc2)nnc1SCC(=O)Nc1ccc(OC)c(Cl)c1. The van der Waals surface area contributed by atoms with Gasteiger partial charge in [-0.3, -0.25) is 4.79 Å². The number of nitrogens with one attached hydrogen (secondary N) is 1. The van der Waals surface area contributed by atoms with Crippen LogP contribution >= 0.6 is 35.0 Å². The number of rotatable bonds is 9. The molecule has 0 fully saturated rings. The summed E-state index contributed by atoms with van der Waals surface area (Å²) in [5, 5.41) is 12.9. The lowest BCUT2D eigenvalue weighted by molar-refractivity contribution is -0.113. The molecule has 0 bridgehead atoms. The van der Waals surface area contributed by atoms with E-state index in [1.165, 1.54) is 18.9 Å². The Labute approximate surface area is 188 Å². The number of benzene rings is 2. The number of aromatic nitrogens is 3. The highest BCUT2D eigenvalue weighted by molar-refractivity contribution is 7.99. The lowest BCUT2D eigenvalue weighted by Gasteiger charge is -2.10. The predicted octanol–water partition coefficient (Wildman–Crippen LogP) is 4.92. The number of amides is 1. The van der Waals surface area contributed by atoms with Crippen LogP contribution < -0.4 is 14.8 Å². The fourth-order valence-corrected chi connectivity index (χ4v) is 3.81. The van der Waals surface area contributed by atoms with Gasteiger partial charge in [-0.1, -0.05) is 35.0 Å². The van der Waals surface area contributed by atoms with E-state index in [0.717, 1.165) is 0 Å². The Balaban J connectivity index is 1.56. The smallest absolute Gasteiger partial charge is 0.234 e. The minimum atomic E-state index is -0.175. The number of nitrogens with zero attached hydrogens (tertiary/aromatic N) is 3. The molecule has 2 aromatic carbocycles. The number of ether oxygens (including phenoxy) is 2. The minimum Gasteiger partial charge on any atom is -0.495 e. The Hall–Kier alpha value is -2.42. The maximum Gasteiger partial charge on any atom is 0.234 e. The molecular formula is C20H20Cl2N4O3S. The van der Waals surface area contributed by atoms with E-state index >= 15 is 0 Å². The van der Waals surface area contributed by atoms with Gasteiger partial charge in [0.1, 0.15) is 18.1 Å². The molecule has 158 valence electrons. The fraction of sp³-hybridized carbons (Fsp3) is 0.250. The molecule has 0 saturated heterocycles. The van der Waals surface area contributed by atoms with E-state index in [-0.39, 0.29) is 18.3 Å². The molecule has 30 heavy (non-hydrogen) atoms. The second-order valence-corrected chi connectivity index (χ2v) is 7.86. The van der Waals surface area contributed by atoms with Gasteiger partial charge in [-0.05, 0) is 49.4 Å². The molecule has 1 heterocycles. The third-order valence-corrected chi connectivity index (χ3v) is 5.57. The van der Waals surface area contributed by atoms with Crippen LogP contribution in [0.3, 0.4) is 0 Å². The number of anilines is 1. The van der Waals surface area contributed by atoms with Crippen LogP contribution in [0.15, 0.2) is 47.6 Å². The fourth-order valence-electron chi connectivity index (χ4n) is 2.60. The van der Waals surface area contributed by atoms with Gasteiger partial charge in [0, 0.05) is 17.3 Å². The monoisotopic (exact) mass is 466 g/mol. The summed E-state index contributed by atoms with van der Waals surface area (Å²) in [6, 6.07) is 12.2. The molecule has 1 aromatic heterocycles. The van der Waals surface area contributed by atoms with Crippen LogP contribution in [0.25, 0.3) is 0 Å². The van der Waals surface area contributed by atoms with Crippen molar-refractivity contribution in [1.29, 1.82) is 0 Å². The number of methoxy groups -OCH3 is 1. The van der Waals surface area contributed by atoms with E-state index in [2.05, 4.69) is 15.5 Å². The largest absolute Gasteiger partial charge is 0.495 e. The second kappa shape index (κ2) is 10.6. The summed E-state index contributed by atoms with van der Waals surface area (Å²) in [5.74, 6) is 1.92. The first-order valence-electron chi connectivity index (χ1n) is 9.06. The maximum absolute atomic E-state index is 12.3. The average Bonchev–Trinajstić information content (AvgIpc) is 3.14. The molecule has 0 saturated carbocycles. The Morgan fingerprint density at radius 3 is 2.60 bits per heavy atom. The van der Waals surface area contributed by atoms with E-state index in [1.807, 2.05) is 11.5 Å². The van der Waals surface area contributed by atoms with E-state index in [4.69, 9.17) is 32.7 Å². The molecule has 0 aliphatic carbocycles. The summed E-state index contributed by atoms with van der Waals surface area (Å²) in [6.45, 7) is 2.91. The highest BCUT2D eigenvalue weighted by Gasteiger charge is 2.14. The molecule has 0 aliphatic rings. The predicted molar refractivity (Wildman–Crippen MR) is 119 cm³/mol. The van der Waals surface area contributed by atoms with E-state index in [1.54, 1.807) is 42.5 Å². The minimum absolute atomic E-state index is 0.175. The van der Waals surface area contributed by atoms with Gasteiger partial charge in [-0.25, -0.2) is 0 Å². The van der Waals surface area contributed by atoms with Crippen LogP contribution in [-0.2, 0) is 17.9 Å². The average molecular weight is 467 g/mol. The number of hydrogen-bond donors (Lipinski definition) is 1. The van der Waals surface area contributed by atoms with Crippen molar-refractivity contribution in [1.82, 2.24) is 14.8 Å². The number of carbonyl (C=O) groups is 1. The molecule has 0 unspecified atom stereocenters. The summed E-state index contributed by atoms with van der Waals surface area (Å²) in [5.41, 5.74) is 0.598. The quantitative estimate of drug-likeness (QED) is 0.450. The van der Waals surface area contributed by atoms with Crippen molar-refractivity contribution in [3.63, 3.8) is 0 Å². The summed E-state index contributed by atoms with van der Waals surface area (Å²) < 4.78 is 12.8. The maximum atomic E-state index is 12.3. The van der Waals surface area contributed by atoms with Gasteiger partial charge in [0.25, 0.3) is 0 Å². The molecule has 1 amide bonds. The Kier molecular flexibility index (Phi) is 7.84. The third-order valence-electron chi connectivity index (χ3n) is 4.06. The first-order chi connectivity index (χ1) is 14.5. The van der Waals surface area contributed by atoms with Gasteiger partial charge in [0.15, 0.2) is 11.0 Å². The van der Waals surface area contributed by atoms with Gasteiger partial charge in [0.05, 0.1) is 17.9 Å². The number of thioether (sulfide) groups is 1.